The van der Waals surface area contributed by atoms with Crippen molar-refractivity contribution < 1.29 is 33.0 Å². The fourth-order valence-electron chi connectivity index (χ4n) is 1.72. The second-order valence-corrected chi connectivity index (χ2v) is 6.17. The lowest BCUT2D eigenvalue weighted by Crippen LogP contribution is -2.48. The number of aliphatic carboxylic acids is 1. The number of nitrogens with one attached hydrogen (secondary N) is 1. The summed E-state index contributed by atoms with van der Waals surface area (Å²) < 4.78 is 39.7. The molecule has 0 aliphatic heterocycles. The average molecular weight is 354 g/mol. The molecule has 3 unspecified atom stereocenters. The van der Waals surface area contributed by atoms with Gasteiger partial charge in [0, 0.05) is 17.1 Å². The summed E-state index contributed by atoms with van der Waals surface area (Å²) in [4.78, 5) is 26.3. The van der Waals surface area contributed by atoms with Crippen molar-refractivity contribution in [3.05, 3.63) is 16.1 Å². The van der Waals surface area contributed by atoms with Crippen molar-refractivity contribution in [2.24, 2.45) is 5.92 Å². The first kappa shape index (κ1) is 19.4. The summed E-state index contributed by atoms with van der Waals surface area (Å²) in [6.45, 7) is 4.14. The molecule has 0 radical (unpaired) electrons. The normalized spacial score (nSPS) is 17.2. The lowest BCUT2D eigenvalue weighted by molar-refractivity contribution is -0.267. The Bertz CT molecular complexity index is 590. The van der Waals surface area contributed by atoms with Crippen LogP contribution in [0, 0.1) is 12.8 Å². The summed E-state index contributed by atoms with van der Waals surface area (Å²) in [5.41, 5.74) is -3.12. The third-order valence-electron chi connectivity index (χ3n) is 3.39. The summed E-state index contributed by atoms with van der Waals surface area (Å²) in [5.74, 6) is -3.29. The van der Waals surface area contributed by atoms with Gasteiger partial charge in [-0.2, -0.15) is 13.2 Å². The topological polar surface area (TPSA) is 99.5 Å². The minimum Gasteiger partial charge on any atom is -0.481 e. The number of carbonyl (C=O) groups excluding carboxylic acids is 1. The van der Waals surface area contributed by atoms with E-state index in [9.17, 15) is 27.9 Å². The molecule has 3 N–H and O–H groups in total. The highest BCUT2D eigenvalue weighted by Gasteiger charge is 2.58. The summed E-state index contributed by atoms with van der Waals surface area (Å²) in [5, 5.41) is 21.7. The van der Waals surface area contributed by atoms with Gasteiger partial charge in [0.2, 0.25) is 11.5 Å². The molecule has 0 aliphatic rings. The predicted octanol–water partition coefficient (Wildman–Crippen LogP) is 1.82. The van der Waals surface area contributed by atoms with Crippen molar-refractivity contribution in [3.8, 4) is 0 Å². The molecule has 1 aromatic heterocycles. The Morgan fingerprint density at radius 1 is 1.39 bits per heavy atom. The number of thiazole rings is 1. The Labute approximate surface area is 134 Å². The molecule has 23 heavy (non-hydrogen) atoms. The molecular weight excluding hydrogens is 337 g/mol. The molecule has 0 aromatic carbocycles. The highest BCUT2D eigenvalue weighted by molar-refractivity contribution is 7.09. The van der Waals surface area contributed by atoms with Crippen LogP contribution in [0.5, 0.6) is 0 Å². The maximum absolute atomic E-state index is 13.2. The van der Waals surface area contributed by atoms with Crippen molar-refractivity contribution in [1.82, 2.24) is 10.3 Å². The van der Waals surface area contributed by atoms with Crippen LogP contribution < -0.4 is 5.32 Å². The van der Waals surface area contributed by atoms with Gasteiger partial charge in [-0.3, -0.25) is 9.59 Å². The van der Waals surface area contributed by atoms with Gasteiger partial charge in [-0.05, 0) is 20.8 Å². The predicted molar refractivity (Wildman–Crippen MR) is 75.8 cm³/mol. The zero-order valence-electron chi connectivity index (χ0n) is 12.6. The molecule has 0 bridgehead atoms. The van der Waals surface area contributed by atoms with E-state index in [4.69, 9.17) is 5.11 Å². The molecule has 0 spiro atoms. The van der Waals surface area contributed by atoms with Crippen LogP contribution in [-0.4, -0.2) is 39.3 Å². The van der Waals surface area contributed by atoms with Crippen molar-refractivity contribution in [2.75, 3.05) is 0 Å². The fourth-order valence-corrected chi connectivity index (χ4v) is 2.63. The number of amides is 1. The summed E-state index contributed by atoms with van der Waals surface area (Å²) in [7, 11) is 0. The Morgan fingerprint density at radius 3 is 2.35 bits per heavy atom. The van der Waals surface area contributed by atoms with Gasteiger partial charge in [0.1, 0.15) is 5.01 Å². The number of rotatable bonds is 6. The SMILES string of the molecule is Cc1csc(C(O)(CC(=O)NC(C)C(C)C(=O)O)C(F)(F)F)n1. The minimum atomic E-state index is -5.10. The zero-order valence-corrected chi connectivity index (χ0v) is 13.5. The highest BCUT2D eigenvalue weighted by atomic mass is 32.1. The molecule has 3 atom stereocenters. The lowest BCUT2D eigenvalue weighted by Gasteiger charge is -2.29. The van der Waals surface area contributed by atoms with E-state index in [0.717, 1.165) is 0 Å². The van der Waals surface area contributed by atoms with E-state index in [0.29, 0.717) is 17.0 Å². The number of hydrogen-bond donors (Lipinski definition) is 3. The van der Waals surface area contributed by atoms with Crippen molar-refractivity contribution in [3.63, 3.8) is 0 Å². The number of carboxylic acid groups (broad SMARTS) is 1. The van der Waals surface area contributed by atoms with Crippen LogP contribution >= 0.6 is 11.3 Å². The Balaban J connectivity index is 2.95. The Kier molecular flexibility index (Phi) is 5.75. The number of aliphatic hydroxyl groups is 1. The molecule has 6 nitrogen and oxygen atoms in total. The molecule has 10 heteroatoms. The number of halogens is 3. The summed E-state index contributed by atoms with van der Waals surface area (Å²) in [6.07, 6.45) is -6.39. The number of alkyl halides is 3. The van der Waals surface area contributed by atoms with Gasteiger partial charge < -0.3 is 15.5 Å². The van der Waals surface area contributed by atoms with Gasteiger partial charge in [0.05, 0.1) is 12.3 Å². The van der Waals surface area contributed by atoms with Crippen molar-refractivity contribution >= 4 is 23.2 Å². The maximum atomic E-state index is 13.2. The smallest absolute Gasteiger partial charge is 0.424 e. The largest absolute Gasteiger partial charge is 0.481 e. The lowest BCUT2D eigenvalue weighted by atomic mass is 9.98. The first-order chi connectivity index (χ1) is 10.4. The number of aromatic nitrogens is 1. The van der Waals surface area contributed by atoms with Gasteiger partial charge in [0.15, 0.2) is 0 Å². The molecule has 0 aliphatic carbocycles. The number of carboxylic acids is 1. The Hall–Kier alpha value is -1.68. The van der Waals surface area contributed by atoms with E-state index in [1.54, 1.807) is 0 Å². The molecule has 0 saturated heterocycles. The second kappa shape index (κ2) is 6.83. The Morgan fingerprint density at radius 2 is 1.96 bits per heavy atom. The van der Waals surface area contributed by atoms with Crippen molar-refractivity contribution in [1.29, 1.82) is 0 Å². The summed E-state index contributed by atoms with van der Waals surface area (Å²) >= 11 is 0.600. The molecular formula is C13H17F3N2O4S. The van der Waals surface area contributed by atoms with Gasteiger partial charge in [-0.1, -0.05) is 0 Å². The zero-order chi connectivity index (χ0) is 18.0. The van der Waals surface area contributed by atoms with Crippen molar-refractivity contribution in [2.45, 2.75) is 45.0 Å². The van der Waals surface area contributed by atoms with Gasteiger partial charge in [-0.25, -0.2) is 4.98 Å². The monoisotopic (exact) mass is 354 g/mol. The maximum Gasteiger partial charge on any atom is 0.424 e. The molecule has 1 heterocycles. The van der Waals surface area contributed by atoms with Crippen LogP contribution in [0.25, 0.3) is 0 Å². The summed E-state index contributed by atoms with van der Waals surface area (Å²) in [6, 6.07) is -0.893. The standard InChI is InChI=1S/C13H17F3N2O4S/c1-6-5-23-11(17-6)12(22,13(14,15)16)4-9(19)18-8(3)7(2)10(20)21/h5,7-8,22H,4H2,1-3H3,(H,18,19)(H,20,21). The highest BCUT2D eigenvalue weighted by Crippen LogP contribution is 2.42. The van der Waals surface area contributed by atoms with E-state index in [1.165, 1.54) is 26.2 Å². The third-order valence-corrected chi connectivity index (χ3v) is 4.50. The molecule has 0 fully saturated rings. The number of carbonyl (C=O) groups is 2. The van der Waals surface area contributed by atoms with Crippen LogP contribution in [0.3, 0.4) is 0 Å². The van der Waals surface area contributed by atoms with Crippen LogP contribution in [0.2, 0.25) is 0 Å². The molecule has 1 rings (SSSR count). The first-order valence-corrected chi connectivity index (χ1v) is 7.50. The van der Waals surface area contributed by atoms with E-state index < -0.39 is 47.0 Å². The van der Waals surface area contributed by atoms with E-state index in [2.05, 4.69) is 10.3 Å². The number of hydrogen-bond acceptors (Lipinski definition) is 5. The second-order valence-electron chi connectivity index (χ2n) is 5.31. The number of nitrogens with zero attached hydrogens (tertiary/aromatic N) is 1. The first-order valence-electron chi connectivity index (χ1n) is 6.62. The number of aryl methyl sites for hydroxylation is 1. The average Bonchev–Trinajstić information content (AvgIpc) is 2.83. The minimum absolute atomic E-state index is 0.293. The molecule has 130 valence electrons. The van der Waals surface area contributed by atoms with Gasteiger partial charge in [-0.15, -0.1) is 11.3 Å². The van der Waals surface area contributed by atoms with Gasteiger partial charge in [0.25, 0.3) is 0 Å². The van der Waals surface area contributed by atoms with Gasteiger partial charge >= 0.3 is 12.1 Å². The third kappa shape index (κ3) is 4.41. The van der Waals surface area contributed by atoms with Crippen LogP contribution in [0.15, 0.2) is 5.38 Å². The van der Waals surface area contributed by atoms with Crippen LogP contribution in [0.4, 0.5) is 13.2 Å². The quantitative estimate of drug-likeness (QED) is 0.724. The molecule has 1 aromatic rings. The van der Waals surface area contributed by atoms with E-state index in [-0.39, 0.29) is 0 Å². The molecule has 1 amide bonds. The van der Waals surface area contributed by atoms with Crippen LogP contribution in [0.1, 0.15) is 31.0 Å². The molecule has 0 saturated carbocycles. The van der Waals surface area contributed by atoms with Crippen LogP contribution in [-0.2, 0) is 15.2 Å². The fraction of sp³-hybridized carbons (Fsp3) is 0.615. The van der Waals surface area contributed by atoms with E-state index >= 15 is 0 Å². The van der Waals surface area contributed by atoms with E-state index in [1.807, 2.05) is 0 Å².